The number of nitrogens with one attached hydrogen (secondary N) is 1. The van der Waals surface area contributed by atoms with E-state index < -0.39 is 0 Å². The second kappa shape index (κ2) is 5.63. The maximum atomic E-state index is 12.1. The fourth-order valence-electron chi connectivity index (χ4n) is 2.19. The van der Waals surface area contributed by atoms with Gasteiger partial charge in [-0.25, -0.2) is 4.98 Å². The van der Waals surface area contributed by atoms with E-state index in [4.69, 9.17) is 8.94 Å². The predicted molar refractivity (Wildman–Crippen MR) is 81.5 cm³/mol. The Hall–Kier alpha value is -2.63. The van der Waals surface area contributed by atoms with Gasteiger partial charge in [-0.15, -0.1) is 0 Å². The summed E-state index contributed by atoms with van der Waals surface area (Å²) in [5.41, 5.74) is 2.36. The molecule has 22 heavy (non-hydrogen) atoms. The summed E-state index contributed by atoms with van der Waals surface area (Å²) in [5, 5.41) is 7.65. The van der Waals surface area contributed by atoms with Crippen LogP contribution in [0.4, 0.5) is 0 Å². The van der Waals surface area contributed by atoms with E-state index in [2.05, 4.69) is 15.5 Å². The number of benzene rings is 1. The van der Waals surface area contributed by atoms with Crippen molar-refractivity contribution in [3.05, 3.63) is 35.9 Å². The van der Waals surface area contributed by atoms with Crippen molar-refractivity contribution < 1.29 is 13.7 Å². The number of carbonyl (C=O) groups is 1. The molecule has 3 rings (SSSR count). The Morgan fingerprint density at radius 2 is 2.18 bits per heavy atom. The fourth-order valence-corrected chi connectivity index (χ4v) is 2.19. The molecule has 0 aliphatic rings. The lowest BCUT2D eigenvalue weighted by Crippen LogP contribution is -2.29. The van der Waals surface area contributed by atoms with E-state index in [9.17, 15) is 4.79 Å². The van der Waals surface area contributed by atoms with Crippen LogP contribution in [-0.4, -0.2) is 22.1 Å². The molecule has 2 heterocycles. The highest BCUT2D eigenvalue weighted by atomic mass is 16.5. The monoisotopic (exact) mass is 299 g/mol. The van der Waals surface area contributed by atoms with Gasteiger partial charge in [0.2, 0.25) is 0 Å². The zero-order valence-corrected chi connectivity index (χ0v) is 12.7. The molecule has 0 radical (unpaired) electrons. The number of aryl methyl sites for hydroxylation is 1. The Morgan fingerprint density at radius 3 is 2.86 bits per heavy atom. The number of aromatic nitrogens is 2. The molecular formula is C16H17N3O3. The van der Waals surface area contributed by atoms with Crippen LogP contribution in [0.25, 0.3) is 22.4 Å². The third kappa shape index (κ3) is 2.59. The van der Waals surface area contributed by atoms with E-state index in [-0.39, 0.29) is 11.9 Å². The topological polar surface area (TPSA) is 81.2 Å². The summed E-state index contributed by atoms with van der Waals surface area (Å²) in [6, 6.07) is 5.30. The lowest BCUT2D eigenvalue weighted by molar-refractivity contribution is 0.0943. The zero-order chi connectivity index (χ0) is 15.7. The average molecular weight is 299 g/mol. The number of amides is 1. The SMILES string of the molecule is CCc1nc(-c2noc3ccc(C(=O)NC(C)C)cc23)co1. The van der Waals surface area contributed by atoms with Crippen molar-refractivity contribution in [2.75, 3.05) is 0 Å². The summed E-state index contributed by atoms with van der Waals surface area (Å²) in [7, 11) is 0. The molecule has 2 aromatic heterocycles. The molecule has 0 aliphatic heterocycles. The van der Waals surface area contributed by atoms with Crippen LogP contribution in [0.5, 0.6) is 0 Å². The molecule has 6 heteroatoms. The first-order valence-corrected chi connectivity index (χ1v) is 7.23. The first-order valence-electron chi connectivity index (χ1n) is 7.23. The second-order valence-electron chi connectivity index (χ2n) is 5.35. The van der Waals surface area contributed by atoms with E-state index >= 15 is 0 Å². The fraction of sp³-hybridized carbons (Fsp3) is 0.312. The molecule has 1 aromatic carbocycles. The third-order valence-electron chi connectivity index (χ3n) is 3.25. The highest BCUT2D eigenvalue weighted by Crippen LogP contribution is 2.28. The minimum absolute atomic E-state index is 0.0767. The molecule has 0 unspecified atom stereocenters. The summed E-state index contributed by atoms with van der Waals surface area (Å²) in [4.78, 5) is 16.5. The van der Waals surface area contributed by atoms with Gasteiger partial charge in [-0.3, -0.25) is 4.79 Å². The van der Waals surface area contributed by atoms with Gasteiger partial charge in [0.1, 0.15) is 17.7 Å². The van der Waals surface area contributed by atoms with Crippen molar-refractivity contribution >= 4 is 16.9 Å². The van der Waals surface area contributed by atoms with E-state index in [0.29, 0.717) is 34.8 Å². The van der Waals surface area contributed by atoms with Gasteiger partial charge in [0.15, 0.2) is 11.5 Å². The van der Waals surface area contributed by atoms with Crippen LogP contribution in [0.15, 0.2) is 33.4 Å². The maximum absolute atomic E-state index is 12.1. The maximum Gasteiger partial charge on any atom is 0.251 e. The second-order valence-corrected chi connectivity index (χ2v) is 5.35. The molecule has 1 N–H and O–H groups in total. The molecular weight excluding hydrogens is 282 g/mol. The number of oxazole rings is 1. The van der Waals surface area contributed by atoms with E-state index in [1.54, 1.807) is 24.5 Å². The average Bonchev–Trinajstić information content (AvgIpc) is 3.11. The van der Waals surface area contributed by atoms with Crippen molar-refractivity contribution in [2.45, 2.75) is 33.2 Å². The molecule has 0 atom stereocenters. The molecule has 6 nitrogen and oxygen atoms in total. The summed E-state index contributed by atoms with van der Waals surface area (Å²) in [6.07, 6.45) is 2.26. The van der Waals surface area contributed by atoms with Crippen molar-refractivity contribution in [1.29, 1.82) is 0 Å². The van der Waals surface area contributed by atoms with Gasteiger partial charge in [-0.05, 0) is 32.0 Å². The highest BCUT2D eigenvalue weighted by molar-refractivity contribution is 6.00. The minimum Gasteiger partial charge on any atom is -0.448 e. The molecule has 0 aliphatic carbocycles. The van der Waals surface area contributed by atoms with Gasteiger partial charge >= 0.3 is 0 Å². The van der Waals surface area contributed by atoms with Crippen LogP contribution in [0.2, 0.25) is 0 Å². The summed E-state index contributed by atoms with van der Waals surface area (Å²) < 4.78 is 10.6. The molecule has 1 amide bonds. The quantitative estimate of drug-likeness (QED) is 0.800. The summed E-state index contributed by atoms with van der Waals surface area (Å²) >= 11 is 0. The number of rotatable bonds is 4. The molecule has 0 saturated heterocycles. The van der Waals surface area contributed by atoms with Crippen LogP contribution < -0.4 is 5.32 Å². The number of nitrogens with zero attached hydrogens (tertiary/aromatic N) is 2. The molecule has 3 aromatic rings. The lowest BCUT2D eigenvalue weighted by Gasteiger charge is -2.07. The van der Waals surface area contributed by atoms with E-state index in [1.807, 2.05) is 20.8 Å². The smallest absolute Gasteiger partial charge is 0.251 e. The molecule has 114 valence electrons. The first kappa shape index (κ1) is 14.3. The van der Waals surface area contributed by atoms with Crippen molar-refractivity contribution in [2.24, 2.45) is 0 Å². The van der Waals surface area contributed by atoms with Gasteiger partial charge in [-0.1, -0.05) is 12.1 Å². The summed E-state index contributed by atoms with van der Waals surface area (Å²) in [6.45, 7) is 5.80. The van der Waals surface area contributed by atoms with Crippen LogP contribution >= 0.6 is 0 Å². The Morgan fingerprint density at radius 1 is 1.36 bits per heavy atom. The molecule has 0 bridgehead atoms. The molecule has 0 spiro atoms. The van der Waals surface area contributed by atoms with Crippen LogP contribution in [0.1, 0.15) is 37.0 Å². The van der Waals surface area contributed by atoms with E-state index in [0.717, 1.165) is 5.39 Å². The Labute approximate surface area is 127 Å². The minimum atomic E-state index is -0.126. The number of hydrogen-bond acceptors (Lipinski definition) is 5. The normalized spacial score (nSPS) is 11.3. The van der Waals surface area contributed by atoms with Crippen LogP contribution in [0.3, 0.4) is 0 Å². The Bertz CT molecular complexity index is 817. The largest absolute Gasteiger partial charge is 0.448 e. The molecule has 0 saturated carbocycles. The van der Waals surface area contributed by atoms with Gasteiger partial charge in [0.25, 0.3) is 5.91 Å². The predicted octanol–water partition coefficient (Wildman–Crippen LogP) is 3.18. The highest BCUT2D eigenvalue weighted by Gasteiger charge is 2.16. The van der Waals surface area contributed by atoms with Gasteiger partial charge in [-0.2, -0.15) is 0 Å². The van der Waals surface area contributed by atoms with Crippen molar-refractivity contribution in [3.63, 3.8) is 0 Å². The van der Waals surface area contributed by atoms with Gasteiger partial charge < -0.3 is 14.3 Å². The standard InChI is InChI=1S/C16H17N3O3/c1-4-14-18-12(8-21-14)15-11-7-10(16(20)17-9(2)3)5-6-13(11)22-19-15/h5-9H,4H2,1-3H3,(H,17,20). The van der Waals surface area contributed by atoms with Crippen molar-refractivity contribution in [3.8, 4) is 11.4 Å². The molecule has 0 fully saturated rings. The Kier molecular flexibility index (Phi) is 3.66. The van der Waals surface area contributed by atoms with Gasteiger partial charge in [0.05, 0.1) is 5.39 Å². The first-order chi connectivity index (χ1) is 10.6. The number of carbonyl (C=O) groups excluding carboxylic acids is 1. The van der Waals surface area contributed by atoms with E-state index in [1.165, 1.54) is 0 Å². The zero-order valence-electron chi connectivity index (χ0n) is 12.7. The van der Waals surface area contributed by atoms with Crippen molar-refractivity contribution in [1.82, 2.24) is 15.5 Å². The number of hydrogen-bond donors (Lipinski definition) is 1. The Balaban J connectivity index is 2.03. The third-order valence-corrected chi connectivity index (χ3v) is 3.25. The van der Waals surface area contributed by atoms with Crippen LogP contribution in [0, 0.1) is 0 Å². The number of fused-ring (bicyclic) bond motifs is 1. The van der Waals surface area contributed by atoms with Gasteiger partial charge in [0, 0.05) is 18.0 Å². The van der Waals surface area contributed by atoms with Crippen LogP contribution in [-0.2, 0) is 6.42 Å². The summed E-state index contributed by atoms with van der Waals surface area (Å²) in [5.74, 6) is 0.512. The lowest BCUT2D eigenvalue weighted by atomic mass is 10.1.